The fraction of sp³-hybridized carbons (Fsp3) is 0.600. The maximum atomic E-state index is 6.10. The molecule has 6 heteroatoms. The van der Waals surface area contributed by atoms with Gasteiger partial charge in [0.1, 0.15) is 4.34 Å². The first-order valence-corrected chi connectivity index (χ1v) is 6.75. The van der Waals surface area contributed by atoms with Gasteiger partial charge in [-0.05, 0) is 30.5 Å². The first-order chi connectivity index (χ1) is 7.27. The second-order valence-electron chi connectivity index (χ2n) is 3.73. The van der Waals surface area contributed by atoms with Gasteiger partial charge in [0, 0.05) is 19.6 Å². The van der Waals surface area contributed by atoms with Crippen LogP contribution in [0.15, 0.2) is 5.38 Å². The molecule has 0 aromatic carbocycles. The molecule has 2 rings (SSSR count). The number of hydrogen-bond acceptors (Lipinski definition) is 3. The Labute approximate surface area is 116 Å². The van der Waals surface area contributed by atoms with Crippen molar-refractivity contribution < 1.29 is 0 Å². The molecule has 0 bridgehead atoms. The molecular formula is C10H15Cl3N2S. The molecule has 1 aliphatic rings. The molecule has 1 aromatic rings. The lowest BCUT2D eigenvalue weighted by atomic mass is 10.3. The lowest BCUT2D eigenvalue weighted by molar-refractivity contribution is 0.285. The summed E-state index contributed by atoms with van der Waals surface area (Å²) >= 11 is 13.6. The van der Waals surface area contributed by atoms with Gasteiger partial charge in [-0.3, -0.25) is 4.90 Å². The molecule has 0 spiro atoms. The molecule has 0 amide bonds. The van der Waals surface area contributed by atoms with E-state index in [1.54, 1.807) is 0 Å². The van der Waals surface area contributed by atoms with Crippen molar-refractivity contribution in [3.8, 4) is 0 Å². The van der Waals surface area contributed by atoms with Crippen molar-refractivity contribution in [3.05, 3.63) is 20.3 Å². The molecule has 0 saturated carbocycles. The Morgan fingerprint density at radius 3 is 2.81 bits per heavy atom. The molecular weight excluding hydrogens is 287 g/mol. The van der Waals surface area contributed by atoms with Crippen LogP contribution in [0.4, 0.5) is 0 Å². The number of nitrogens with zero attached hydrogens (tertiary/aromatic N) is 1. The summed E-state index contributed by atoms with van der Waals surface area (Å²) in [5.41, 5.74) is 1.16. The molecule has 1 saturated heterocycles. The van der Waals surface area contributed by atoms with E-state index in [1.807, 2.05) is 0 Å². The summed E-state index contributed by atoms with van der Waals surface area (Å²) in [6, 6.07) is 0. The predicted molar refractivity (Wildman–Crippen MR) is 74.4 cm³/mol. The van der Waals surface area contributed by atoms with Gasteiger partial charge in [0.25, 0.3) is 0 Å². The quantitative estimate of drug-likeness (QED) is 0.902. The first kappa shape index (κ1) is 14.6. The van der Waals surface area contributed by atoms with Gasteiger partial charge in [0.15, 0.2) is 0 Å². The number of rotatable bonds is 2. The monoisotopic (exact) mass is 300 g/mol. The Morgan fingerprint density at radius 1 is 1.31 bits per heavy atom. The summed E-state index contributed by atoms with van der Waals surface area (Å²) in [4.78, 5) is 2.42. The standard InChI is InChI=1S/C10H14Cl2N2S.ClH/c11-9-8(7-15-10(9)12)6-14-4-1-2-13-3-5-14;/h7,13H,1-6H2;1H. The molecule has 0 aliphatic carbocycles. The molecule has 92 valence electrons. The molecule has 0 radical (unpaired) electrons. The zero-order valence-electron chi connectivity index (χ0n) is 8.84. The Balaban J connectivity index is 0.00000128. The molecule has 0 atom stereocenters. The smallest absolute Gasteiger partial charge is 0.112 e. The van der Waals surface area contributed by atoms with Crippen molar-refractivity contribution in [2.45, 2.75) is 13.0 Å². The number of hydrogen-bond donors (Lipinski definition) is 1. The van der Waals surface area contributed by atoms with Crippen LogP contribution in [0.1, 0.15) is 12.0 Å². The normalized spacial score (nSPS) is 17.9. The van der Waals surface area contributed by atoms with E-state index in [2.05, 4.69) is 15.6 Å². The Bertz CT molecular complexity index is 322. The van der Waals surface area contributed by atoms with E-state index < -0.39 is 0 Å². The van der Waals surface area contributed by atoms with Gasteiger partial charge >= 0.3 is 0 Å². The van der Waals surface area contributed by atoms with Crippen LogP contribution in [-0.2, 0) is 6.54 Å². The van der Waals surface area contributed by atoms with Crippen LogP contribution in [0, 0.1) is 0 Å². The van der Waals surface area contributed by atoms with Crippen molar-refractivity contribution >= 4 is 46.9 Å². The minimum absolute atomic E-state index is 0. The van der Waals surface area contributed by atoms with Crippen LogP contribution in [-0.4, -0.2) is 31.1 Å². The fourth-order valence-electron chi connectivity index (χ4n) is 1.76. The zero-order chi connectivity index (χ0) is 10.7. The summed E-state index contributed by atoms with van der Waals surface area (Å²) in [5.74, 6) is 0. The molecule has 0 unspecified atom stereocenters. The average Bonchev–Trinajstić information content (AvgIpc) is 2.50. The van der Waals surface area contributed by atoms with Crippen LogP contribution >= 0.6 is 46.9 Å². The highest BCUT2D eigenvalue weighted by Crippen LogP contribution is 2.33. The summed E-state index contributed by atoms with van der Waals surface area (Å²) in [5, 5.41) is 6.18. The summed E-state index contributed by atoms with van der Waals surface area (Å²) in [6.45, 7) is 5.33. The highest BCUT2D eigenvalue weighted by Gasteiger charge is 2.13. The van der Waals surface area contributed by atoms with E-state index in [0.717, 1.165) is 43.3 Å². The van der Waals surface area contributed by atoms with Gasteiger partial charge in [-0.15, -0.1) is 23.7 Å². The minimum Gasteiger partial charge on any atom is -0.315 e. The SMILES string of the molecule is Cl.Clc1scc(CN2CCCNCC2)c1Cl. The summed E-state index contributed by atoms with van der Waals surface area (Å²) in [7, 11) is 0. The largest absolute Gasteiger partial charge is 0.315 e. The van der Waals surface area contributed by atoms with Crippen LogP contribution in [0.3, 0.4) is 0 Å². The Kier molecular flexibility index (Phi) is 6.40. The molecule has 2 nitrogen and oxygen atoms in total. The predicted octanol–water partition coefficient (Wildman–Crippen LogP) is 3.27. The Morgan fingerprint density at radius 2 is 2.12 bits per heavy atom. The van der Waals surface area contributed by atoms with E-state index in [-0.39, 0.29) is 12.4 Å². The van der Waals surface area contributed by atoms with Gasteiger partial charge in [-0.1, -0.05) is 23.2 Å². The number of nitrogens with one attached hydrogen (secondary N) is 1. The van der Waals surface area contributed by atoms with Gasteiger partial charge in [0.2, 0.25) is 0 Å². The first-order valence-electron chi connectivity index (χ1n) is 5.12. The average molecular weight is 302 g/mol. The van der Waals surface area contributed by atoms with Crippen LogP contribution in [0.25, 0.3) is 0 Å². The van der Waals surface area contributed by atoms with Crippen molar-refractivity contribution in [2.24, 2.45) is 0 Å². The second-order valence-corrected chi connectivity index (χ2v) is 5.59. The molecule has 1 N–H and O–H groups in total. The molecule has 1 aromatic heterocycles. The topological polar surface area (TPSA) is 15.3 Å². The third kappa shape index (κ3) is 3.76. The molecule has 1 aliphatic heterocycles. The van der Waals surface area contributed by atoms with Crippen LogP contribution in [0.5, 0.6) is 0 Å². The van der Waals surface area contributed by atoms with Crippen LogP contribution < -0.4 is 5.32 Å². The molecule has 1 fully saturated rings. The number of thiophene rings is 1. The second kappa shape index (κ2) is 7.04. The fourth-order valence-corrected chi connectivity index (χ4v) is 3.00. The van der Waals surface area contributed by atoms with Crippen molar-refractivity contribution in [3.63, 3.8) is 0 Å². The maximum absolute atomic E-state index is 6.10. The summed E-state index contributed by atoms with van der Waals surface area (Å²) < 4.78 is 0.708. The minimum atomic E-state index is 0. The van der Waals surface area contributed by atoms with Crippen molar-refractivity contribution in [2.75, 3.05) is 26.2 Å². The number of halogens is 3. The summed E-state index contributed by atoms with van der Waals surface area (Å²) in [6.07, 6.45) is 1.20. The van der Waals surface area contributed by atoms with Crippen molar-refractivity contribution in [1.29, 1.82) is 0 Å². The third-order valence-corrected chi connectivity index (χ3v) is 4.50. The lowest BCUT2D eigenvalue weighted by Crippen LogP contribution is -2.27. The Hall–Kier alpha value is 0.490. The maximum Gasteiger partial charge on any atom is 0.112 e. The molecule has 16 heavy (non-hydrogen) atoms. The van der Waals surface area contributed by atoms with Gasteiger partial charge in [-0.25, -0.2) is 0 Å². The third-order valence-electron chi connectivity index (χ3n) is 2.59. The highest BCUT2D eigenvalue weighted by molar-refractivity contribution is 7.15. The van der Waals surface area contributed by atoms with Crippen molar-refractivity contribution in [1.82, 2.24) is 10.2 Å². The lowest BCUT2D eigenvalue weighted by Gasteiger charge is -2.18. The van der Waals surface area contributed by atoms with E-state index in [0.29, 0.717) is 4.34 Å². The van der Waals surface area contributed by atoms with Gasteiger partial charge in [0.05, 0.1) is 5.02 Å². The van der Waals surface area contributed by atoms with E-state index in [1.165, 1.54) is 17.8 Å². The molecule has 2 heterocycles. The van der Waals surface area contributed by atoms with Gasteiger partial charge < -0.3 is 5.32 Å². The van der Waals surface area contributed by atoms with E-state index in [4.69, 9.17) is 23.2 Å². The highest BCUT2D eigenvalue weighted by atomic mass is 35.5. The van der Waals surface area contributed by atoms with Gasteiger partial charge in [-0.2, -0.15) is 0 Å². The van der Waals surface area contributed by atoms with E-state index in [9.17, 15) is 0 Å². The van der Waals surface area contributed by atoms with Crippen LogP contribution in [0.2, 0.25) is 9.36 Å². The van der Waals surface area contributed by atoms with E-state index >= 15 is 0 Å². The zero-order valence-corrected chi connectivity index (χ0v) is 12.0.